The number of urea groups is 1. The number of amides is 2. The van der Waals surface area contributed by atoms with Gasteiger partial charge in [0.15, 0.2) is 0 Å². The number of anilines is 1. The van der Waals surface area contributed by atoms with E-state index in [0.717, 1.165) is 16.1 Å². The van der Waals surface area contributed by atoms with Crippen LogP contribution in [-0.2, 0) is 6.54 Å². The van der Waals surface area contributed by atoms with Crippen molar-refractivity contribution in [1.82, 2.24) is 10.3 Å². The van der Waals surface area contributed by atoms with Crippen LogP contribution >= 0.6 is 11.3 Å². The summed E-state index contributed by atoms with van der Waals surface area (Å²) in [5, 5.41) is 7.43. The van der Waals surface area contributed by atoms with E-state index in [1.807, 2.05) is 29.6 Å². The predicted molar refractivity (Wildman–Crippen MR) is 89.8 cm³/mol. The maximum Gasteiger partial charge on any atom is 0.319 e. The van der Waals surface area contributed by atoms with Gasteiger partial charge in [0.2, 0.25) is 0 Å². The van der Waals surface area contributed by atoms with Crippen LogP contribution in [0.3, 0.4) is 0 Å². The first-order valence-corrected chi connectivity index (χ1v) is 7.88. The smallest absolute Gasteiger partial charge is 0.319 e. The second-order valence-corrected chi connectivity index (χ2v) is 5.75. The minimum absolute atomic E-state index is 0.341. The summed E-state index contributed by atoms with van der Waals surface area (Å²) in [5.41, 5.74) is 2.34. The van der Waals surface area contributed by atoms with Crippen molar-refractivity contribution in [3.05, 3.63) is 71.5 Å². The van der Waals surface area contributed by atoms with Crippen molar-refractivity contribution in [3.8, 4) is 10.6 Å². The van der Waals surface area contributed by atoms with E-state index < -0.39 is 0 Å². The minimum Gasteiger partial charge on any atom is -0.334 e. The molecule has 2 aromatic heterocycles. The van der Waals surface area contributed by atoms with Crippen LogP contribution in [0.1, 0.15) is 5.56 Å². The van der Waals surface area contributed by atoms with E-state index in [4.69, 9.17) is 0 Å². The zero-order chi connectivity index (χ0) is 16.1. The average Bonchev–Trinajstić information content (AvgIpc) is 3.10. The first-order valence-electron chi connectivity index (χ1n) is 7.00. The maximum absolute atomic E-state index is 12.8. The maximum atomic E-state index is 12.8. The first-order chi connectivity index (χ1) is 11.2. The number of benzene rings is 1. The molecule has 0 aliphatic rings. The summed E-state index contributed by atoms with van der Waals surface area (Å²) in [6.45, 7) is 0.355. The molecular formula is C17H14FN3OS. The molecule has 0 saturated carbocycles. The Hall–Kier alpha value is -2.73. The minimum atomic E-state index is -0.349. The zero-order valence-corrected chi connectivity index (χ0v) is 12.9. The number of nitrogens with zero attached hydrogens (tertiary/aromatic N) is 1. The molecule has 6 heteroatoms. The second-order valence-electron chi connectivity index (χ2n) is 4.80. The molecule has 2 N–H and O–H groups in total. The summed E-state index contributed by atoms with van der Waals surface area (Å²) in [6.07, 6.45) is 1.73. The van der Waals surface area contributed by atoms with E-state index in [2.05, 4.69) is 15.6 Å². The fourth-order valence-electron chi connectivity index (χ4n) is 2.10. The molecular weight excluding hydrogens is 313 g/mol. The molecule has 23 heavy (non-hydrogen) atoms. The molecule has 0 atom stereocenters. The number of carbonyl (C=O) groups is 1. The zero-order valence-electron chi connectivity index (χ0n) is 12.1. The standard InChI is InChI=1S/C17H14FN3OS/c18-13-5-7-14(8-6-13)21-17(22)20-11-12-3-1-9-19-16(12)15-4-2-10-23-15/h1-10H,11H2,(H2,20,21,22). The van der Waals surface area contributed by atoms with Gasteiger partial charge >= 0.3 is 6.03 Å². The number of nitrogens with one attached hydrogen (secondary N) is 2. The van der Waals surface area contributed by atoms with Crippen LogP contribution in [0, 0.1) is 5.82 Å². The highest BCUT2D eigenvalue weighted by Crippen LogP contribution is 2.25. The molecule has 0 bridgehead atoms. The van der Waals surface area contributed by atoms with Crippen LogP contribution in [0.4, 0.5) is 14.9 Å². The van der Waals surface area contributed by atoms with E-state index >= 15 is 0 Å². The van der Waals surface area contributed by atoms with Gasteiger partial charge in [0.1, 0.15) is 5.82 Å². The van der Waals surface area contributed by atoms with Crippen LogP contribution in [-0.4, -0.2) is 11.0 Å². The molecule has 2 amide bonds. The molecule has 0 aliphatic carbocycles. The molecule has 1 aromatic carbocycles. The summed E-state index contributed by atoms with van der Waals surface area (Å²) in [7, 11) is 0. The van der Waals surface area contributed by atoms with Gasteiger partial charge in [-0.3, -0.25) is 4.98 Å². The molecule has 3 rings (SSSR count). The topological polar surface area (TPSA) is 54.0 Å². The predicted octanol–water partition coefficient (Wildman–Crippen LogP) is 4.27. The van der Waals surface area contributed by atoms with Gasteiger partial charge in [0.05, 0.1) is 10.6 Å². The summed E-state index contributed by atoms with van der Waals surface area (Å²) in [6, 6.07) is 13.0. The highest BCUT2D eigenvalue weighted by atomic mass is 32.1. The molecule has 0 unspecified atom stereocenters. The lowest BCUT2D eigenvalue weighted by atomic mass is 10.1. The third-order valence-electron chi connectivity index (χ3n) is 3.19. The summed E-state index contributed by atoms with van der Waals surface area (Å²) in [4.78, 5) is 17.4. The normalized spacial score (nSPS) is 10.3. The Morgan fingerprint density at radius 2 is 1.96 bits per heavy atom. The van der Waals surface area contributed by atoms with E-state index in [1.54, 1.807) is 17.5 Å². The van der Waals surface area contributed by atoms with E-state index in [9.17, 15) is 9.18 Å². The van der Waals surface area contributed by atoms with Crippen molar-refractivity contribution in [1.29, 1.82) is 0 Å². The lowest BCUT2D eigenvalue weighted by molar-refractivity contribution is 0.251. The highest BCUT2D eigenvalue weighted by Gasteiger charge is 2.08. The summed E-state index contributed by atoms with van der Waals surface area (Å²) in [5.74, 6) is -0.341. The van der Waals surface area contributed by atoms with Crippen molar-refractivity contribution in [2.24, 2.45) is 0 Å². The first kappa shape index (κ1) is 15.2. The SMILES string of the molecule is O=C(NCc1cccnc1-c1cccs1)Nc1ccc(F)cc1. The summed E-state index contributed by atoms with van der Waals surface area (Å²) < 4.78 is 12.8. The van der Waals surface area contributed by atoms with E-state index in [1.165, 1.54) is 24.3 Å². The largest absolute Gasteiger partial charge is 0.334 e. The number of halogens is 1. The number of rotatable bonds is 4. The Balaban J connectivity index is 1.64. The fraction of sp³-hybridized carbons (Fsp3) is 0.0588. The molecule has 0 saturated heterocycles. The average molecular weight is 327 g/mol. The lowest BCUT2D eigenvalue weighted by Gasteiger charge is -2.10. The van der Waals surface area contributed by atoms with Gasteiger partial charge in [-0.1, -0.05) is 12.1 Å². The Morgan fingerprint density at radius 1 is 1.13 bits per heavy atom. The third kappa shape index (κ3) is 3.92. The number of carbonyl (C=O) groups excluding carboxylic acids is 1. The van der Waals surface area contributed by atoms with Crippen LogP contribution in [0.15, 0.2) is 60.1 Å². The third-order valence-corrected chi connectivity index (χ3v) is 4.06. The lowest BCUT2D eigenvalue weighted by Crippen LogP contribution is -2.28. The molecule has 2 heterocycles. The Labute approximate surface area is 137 Å². The van der Waals surface area contributed by atoms with Gasteiger partial charge in [0, 0.05) is 18.4 Å². The Bertz CT molecular complexity index is 788. The molecule has 0 radical (unpaired) electrons. The van der Waals surface area contributed by atoms with Crippen molar-refractivity contribution < 1.29 is 9.18 Å². The fourth-order valence-corrected chi connectivity index (χ4v) is 2.86. The molecule has 3 aromatic rings. The molecule has 0 fully saturated rings. The quantitative estimate of drug-likeness (QED) is 0.752. The molecule has 0 spiro atoms. The van der Waals surface area contributed by atoms with Crippen molar-refractivity contribution in [3.63, 3.8) is 0 Å². The molecule has 116 valence electrons. The van der Waals surface area contributed by atoms with Crippen LogP contribution in [0.25, 0.3) is 10.6 Å². The van der Waals surface area contributed by atoms with Gasteiger partial charge in [-0.15, -0.1) is 11.3 Å². The van der Waals surface area contributed by atoms with Crippen molar-refractivity contribution in [2.75, 3.05) is 5.32 Å². The number of hydrogen-bond acceptors (Lipinski definition) is 3. The van der Waals surface area contributed by atoms with Gasteiger partial charge < -0.3 is 10.6 Å². The van der Waals surface area contributed by atoms with Gasteiger partial charge in [-0.25, -0.2) is 9.18 Å². The van der Waals surface area contributed by atoms with Gasteiger partial charge in [0.25, 0.3) is 0 Å². The van der Waals surface area contributed by atoms with Crippen LogP contribution < -0.4 is 10.6 Å². The number of thiophene rings is 1. The van der Waals surface area contributed by atoms with E-state index in [0.29, 0.717) is 12.2 Å². The monoisotopic (exact) mass is 327 g/mol. The second kappa shape index (κ2) is 7.02. The van der Waals surface area contributed by atoms with E-state index in [-0.39, 0.29) is 11.8 Å². The number of pyridine rings is 1. The van der Waals surface area contributed by atoms with Gasteiger partial charge in [-0.2, -0.15) is 0 Å². The van der Waals surface area contributed by atoms with Gasteiger partial charge in [-0.05, 0) is 47.3 Å². The number of aromatic nitrogens is 1. The van der Waals surface area contributed by atoms with Crippen molar-refractivity contribution in [2.45, 2.75) is 6.54 Å². The Kier molecular flexibility index (Phi) is 4.63. The summed E-state index contributed by atoms with van der Waals surface area (Å²) >= 11 is 1.60. The number of hydrogen-bond donors (Lipinski definition) is 2. The van der Waals surface area contributed by atoms with Crippen LogP contribution in [0.2, 0.25) is 0 Å². The molecule has 0 aliphatic heterocycles. The van der Waals surface area contributed by atoms with Crippen molar-refractivity contribution >= 4 is 23.1 Å². The molecule has 4 nitrogen and oxygen atoms in total. The Morgan fingerprint density at radius 3 is 2.70 bits per heavy atom. The van der Waals surface area contributed by atoms with Crippen LogP contribution in [0.5, 0.6) is 0 Å². The highest BCUT2D eigenvalue weighted by molar-refractivity contribution is 7.13.